The lowest BCUT2D eigenvalue weighted by atomic mass is 10.1. The number of ether oxygens (including phenoxy) is 2. The SMILES string of the molecule is CCCCCCCC(=O)OC[C@H](COP(=O)(O)OCC[N+](C)(C)C)OC(C)=O. The van der Waals surface area contributed by atoms with Gasteiger partial charge < -0.3 is 18.9 Å². The van der Waals surface area contributed by atoms with E-state index in [1.807, 2.05) is 21.1 Å². The van der Waals surface area contributed by atoms with Gasteiger partial charge in [0.1, 0.15) is 19.8 Å². The van der Waals surface area contributed by atoms with Crippen LogP contribution in [-0.2, 0) is 32.7 Å². The van der Waals surface area contributed by atoms with Gasteiger partial charge in [-0.3, -0.25) is 18.6 Å². The summed E-state index contributed by atoms with van der Waals surface area (Å²) in [6, 6.07) is 0. The highest BCUT2D eigenvalue weighted by Crippen LogP contribution is 2.43. The van der Waals surface area contributed by atoms with Gasteiger partial charge in [0.15, 0.2) is 6.10 Å². The molecule has 1 unspecified atom stereocenters. The molecule has 166 valence electrons. The second kappa shape index (κ2) is 14.1. The summed E-state index contributed by atoms with van der Waals surface area (Å²) in [5.41, 5.74) is 0. The van der Waals surface area contributed by atoms with Gasteiger partial charge >= 0.3 is 19.8 Å². The van der Waals surface area contributed by atoms with Crippen LogP contribution in [0.3, 0.4) is 0 Å². The molecule has 0 aromatic rings. The number of likely N-dealkylation sites (N-methyl/N-ethyl adjacent to an activating group) is 1. The molecule has 10 heteroatoms. The van der Waals surface area contributed by atoms with Crippen molar-refractivity contribution in [1.82, 2.24) is 0 Å². The van der Waals surface area contributed by atoms with Crippen molar-refractivity contribution in [2.45, 2.75) is 58.5 Å². The third kappa shape index (κ3) is 17.1. The highest BCUT2D eigenvalue weighted by atomic mass is 31.2. The molecule has 0 aromatic carbocycles. The Morgan fingerprint density at radius 2 is 1.68 bits per heavy atom. The van der Waals surface area contributed by atoms with Crippen LogP contribution in [0, 0.1) is 0 Å². The van der Waals surface area contributed by atoms with Gasteiger partial charge in [0.05, 0.1) is 27.7 Å². The number of phosphoric acid groups is 1. The number of unbranched alkanes of at least 4 members (excludes halogenated alkanes) is 4. The Hall–Kier alpha value is -0.990. The Morgan fingerprint density at radius 3 is 2.25 bits per heavy atom. The number of hydrogen-bond donors (Lipinski definition) is 1. The maximum absolute atomic E-state index is 11.9. The zero-order valence-electron chi connectivity index (χ0n) is 17.8. The first-order chi connectivity index (χ1) is 12.9. The van der Waals surface area contributed by atoms with E-state index in [1.54, 1.807) is 0 Å². The van der Waals surface area contributed by atoms with Crippen LogP contribution in [-0.4, -0.2) is 74.9 Å². The number of esters is 2. The summed E-state index contributed by atoms with van der Waals surface area (Å²) in [5.74, 6) is -1.01. The number of phosphoric ester groups is 1. The molecule has 0 heterocycles. The summed E-state index contributed by atoms with van der Waals surface area (Å²) in [4.78, 5) is 32.7. The Kier molecular flexibility index (Phi) is 13.6. The second-order valence-electron chi connectivity index (χ2n) is 7.69. The van der Waals surface area contributed by atoms with Gasteiger partial charge in [-0.15, -0.1) is 0 Å². The van der Waals surface area contributed by atoms with E-state index < -0.39 is 32.5 Å². The van der Waals surface area contributed by atoms with Crippen LogP contribution in [0.2, 0.25) is 0 Å². The van der Waals surface area contributed by atoms with E-state index in [9.17, 15) is 19.0 Å². The molecule has 0 bridgehead atoms. The molecule has 0 saturated carbocycles. The van der Waals surface area contributed by atoms with E-state index in [1.165, 1.54) is 6.92 Å². The zero-order valence-corrected chi connectivity index (χ0v) is 18.7. The molecule has 0 radical (unpaired) electrons. The summed E-state index contributed by atoms with van der Waals surface area (Å²) in [6.07, 6.45) is 4.33. The molecule has 28 heavy (non-hydrogen) atoms. The van der Waals surface area contributed by atoms with Gasteiger partial charge in [0.2, 0.25) is 0 Å². The molecule has 1 N–H and O–H groups in total. The summed E-state index contributed by atoms with van der Waals surface area (Å²) in [6.45, 7) is 3.19. The first-order valence-corrected chi connectivity index (χ1v) is 11.2. The van der Waals surface area contributed by atoms with Gasteiger partial charge in [-0.2, -0.15) is 0 Å². The predicted octanol–water partition coefficient (Wildman–Crippen LogP) is 2.66. The standard InChI is InChI=1S/C18H36NO8P/c1-6-7-8-9-10-11-18(21)24-14-17(27-16(2)20)15-26-28(22,23)25-13-12-19(3,4)5/h17H,6-15H2,1-5H3/p+1/t17-/m1/s1. The molecule has 0 amide bonds. The van der Waals surface area contributed by atoms with E-state index in [2.05, 4.69) is 6.92 Å². The minimum atomic E-state index is -4.29. The molecule has 0 aliphatic carbocycles. The monoisotopic (exact) mass is 426 g/mol. The van der Waals surface area contributed by atoms with Crippen molar-refractivity contribution < 1.29 is 42.1 Å². The summed E-state index contributed by atoms with van der Waals surface area (Å²) >= 11 is 0. The van der Waals surface area contributed by atoms with E-state index in [-0.39, 0.29) is 19.6 Å². The van der Waals surface area contributed by atoms with Crippen molar-refractivity contribution in [2.75, 3.05) is 47.5 Å². The fourth-order valence-corrected chi connectivity index (χ4v) is 2.87. The molecule has 0 rings (SSSR count). The van der Waals surface area contributed by atoms with Crippen LogP contribution < -0.4 is 0 Å². The molecular formula is C18H37NO8P+. The summed E-state index contributed by atoms with van der Waals surface area (Å²) in [5, 5.41) is 0. The average Bonchev–Trinajstić information content (AvgIpc) is 2.55. The molecule has 0 spiro atoms. The van der Waals surface area contributed by atoms with Crippen molar-refractivity contribution in [1.29, 1.82) is 0 Å². The lowest BCUT2D eigenvalue weighted by Gasteiger charge is -2.24. The largest absolute Gasteiger partial charge is 0.472 e. The lowest BCUT2D eigenvalue weighted by Crippen LogP contribution is -2.37. The number of quaternary nitrogens is 1. The van der Waals surface area contributed by atoms with Gasteiger partial charge in [0.25, 0.3) is 0 Å². The molecule has 0 fully saturated rings. The third-order valence-corrected chi connectivity index (χ3v) is 4.67. The molecule has 0 saturated heterocycles. The van der Waals surface area contributed by atoms with E-state index in [4.69, 9.17) is 18.5 Å². The van der Waals surface area contributed by atoms with E-state index in [0.717, 1.165) is 32.1 Å². The van der Waals surface area contributed by atoms with Crippen molar-refractivity contribution in [2.24, 2.45) is 0 Å². The fraction of sp³-hybridized carbons (Fsp3) is 0.889. The van der Waals surface area contributed by atoms with Crippen molar-refractivity contribution in [3.05, 3.63) is 0 Å². The van der Waals surface area contributed by atoms with Crippen molar-refractivity contribution in [3.63, 3.8) is 0 Å². The molecule has 9 nitrogen and oxygen atoms in total. The number of carbonyl (C=O) groups excluding carboxylic acids is 2. The minimum absolute atomic E-state index is 0.0303. The Morgan fingerprint density at radius 1 is 1.04 bits per heavy atom. The van der Waals surface area contributed by atoms with Crippen LogP contribution in [0.4, 0.5) is 0 Å². The van der Waals surface area contributed by atoms with Crippen molar-refractivity contribution >= 4 is 19.8 Å². The van der Waals surface area contributed by atoms with Gasteiger partial charge in [-0.1, -0.05) is 32.6 Å². The lowest BCUT2D eigenvalue weighted by molar-refractivity contribution is -0.870. The maximum Gasteiger partial charge on any atom is 0.472 e. The Bertz CT molecular complexity index is 506. The molecule has 0 aromatic heterocycles. The normalized spacial score (nSPS) is 14.9. The van der Waals surface area contributed by atoms with Gasteiger partial charge in [0, 0.05) is 13.3 Å². The summed E-state index contributed by atoms with van der Waals surface area (Å²) in [7, 11) is 1.46. The highest BCUT2D eigenvalue weighted by molar-refractivity contribution is 7.47. The van der Waals surface area contributed by atoms with Gasteiger partial charge in [-0.25, -0.2) is 4.57 Å². The Labute approximate surface area is 168 Å². The van der Waals surface area contributed by atoms with Crippen LogP contribution in [0.1, 0.15) is 52.4 Å². The molecular weight excluding hydrogens is 389 g/mol. The smallest absolute Gasteiger partial charge is 0.462 e. The molecule has 2 atom stereocenters. The van der Waals surface area contributed by atoms with Crippen LogP contribution in [0.25, 0.3) is 0 Å². The van der Waals surface area contributed by atoms with Crippen LogP contribution in [0.5, 0.6) is 0 Å². The third-order valence-electron chi connectivity index (χ3n) is 3.69. The fourth-order valence-electron chi connectivity index (χ4n) is 2.13. The minimum Gasteiger partial charge on any atom is -0.462 e. The quantitative estimate of drug-likeness (QED) is 0.174. The first-order valence-electron chi connectivity index (χ1n) is 9.70. The second-order valence-corrected chi connectivity index (χ2v) is 9.14. The predicted molar refractivity (Wildman–Crippen MR) is 105 cm³/mol. The molecule has 0 aliphatic heterocycles. The summed E-state index contributed by atoms with van der Waals surface area (Å²) < 4.78 is 32.3. The number of hydrogen-bond acceptors (Lipinski definition) is 7. The van der Waals surface area contributed by atoms with E-state index >= 15 is 0 Å². The Balaban J connectivity index is 4.30. The number of carbonyl (C=O) groups is 2. The maximum atomic E-state index is 11.9. The topological polar surface area (TPSA) is 108 Å². The zero-order chi connectivity index (χ0) is 21.6. The number of rotatable bonds is 16. The van der Waals surface area contributed by atoms with Crippen LogP contribution in [0.15, 0.2) is 0 Å². The van der Waals surface area contributed by atoms with E-state index in [0.29, 0.717) is 11.0 Å². The number of nitrogens with zero attached hydrogens (tertiary/aromatic N) is 1. The van der Waals surface area contributed by atoms with Gasteiger partial charge in [-0.05, 0) is 6.42 Å². The highest BCUT2D eigenvalue weighted by Gasteiger charge is 2.26. The molecule has 0 aliphatic rings. The first kappa shape index (κ1) is 27.0. The van der Waals surface area contributed by atoms with Crippen molar-refractivity contribution in [3.8, 4) is 0 Å². The van der Waals surface area contributed by atoms with Crippen LogP contribution >= 0.6 is 7.82 Å². The average molecular weight is 426 g/mol.